The van der Waals surface area contributed by atoms with Gasteiger partial charge in [0.05, 0.1) is 11.2 Å². The standard InChI is InChI=1S/C22H21NO/c1-22(2)14-18(13-19(24)15-22)23-20-11-7-6-10-17(20)12-21(23)16-8-4-3-5-9-16/h3-13H,14-15H2,1-2H3. The Kier molecular flexibility index (Phi) is 3.42. The number of hydrogen-bond acceptors (Lipinski definition) is 1. The van der Waals surface area contributed by atoms with Crippen LogP contribution < -0.4 is 0 Å². The van der Waals surface area contributed by atoms with Crippen molar-refractivity contribution in [2.24, 2.45) is 5.41 Å². The van der Waals surface area contributed by atoms with E-state index >= 15 is 0 Å². The Labute approximate surface area is 142 Å². The van der Waals surface area contributed by atoms with Crippen LogP contribution in [0.3, 0.4) is 0 Å². The normalized spacial score (nSPS) is 17.1. The summed E-state index contributed by atoms with van der Waals surface area (Å²) in [5.41, 5.74) is 4.57. The van der Waals surface area contributed by atoms with Crippen LogP contribution in [0.15, 0.2) is 66.7 Å². The van der Waals surface area contributed by atoms with Gasteiger partial charge >= 0.3 is 0 Å². The SMILES string of the molecule is CC1(C)CC(=O)C=C(n2c(-c3ccccc3)cc3ccccc32)C1. The van der Waals surface area contributed by atoms with Crippen molar-refractivity contribution in [3.05, 3.63) is 66.7 Å². The number of ketones is 1. The number of benzene rings is 2. The third-order valence-electron chi connectivity index (χ3n) is 4.71. The molecule has 1 aromatic heterocycles. The molecule has 120 valence electrons. The molecule has 0 saturated carbocycles. The second-order valence-electron chi connectivity index (χ2n) is 7.41. The van der Waals surface area contributed by atoms with Gasteiger partial charge in [0.25, 0.3) is 0 Å². The van der Waals surface area contributed by atoms with Crippen LogP contribution in [-0.4, -0.2) is 10.4 Å². The third-order valence-corrected chi connectivity index (χ3v) is 4.71. The minimum Gasteiger partial charge on any atom is -0.313 e. The van der Waals surface area contributed by atoms with Crippen molar-refractivity contribution in [3.8, 4) is 11.3 Å². The lowest BCUT2D eigenvalue weighted by Crippen LogP contribution is -2.23. The van der Waals surface area contributed by atoms with Gasteiger partial charge in [0, 0.05) is 23.6 Å². The van der Waals surface area contributed by atoms with Crippen molar-refractivity contribution in [1.82, 2.24) is 4.57 Å². The van der Waals surface area contributed by atoms with E-state index in [2.05, 4.69) is 73.0 Å². The number of aromatic nitrogens is 1. The maximum absolute atomic E-state index is 12.3. The molecule has 2 aromatic carbocycles. The molecule has 4 rings (SSSR count). The highest BCUT2D eigenvalue weighted by Crippen LogP contribution is 2.40. The third kappa shape index (κ3) is 2.58. The summed E-state index contributed by atoms with van der Waals surface area (Å²) in [5, 5.41) is 1.20. The van der Waals surface area contributed by atoms with Gasteiger partial charge < -0.3 is 4.57 Å². The van der Waals surface area contributed by atoms with Crippen LogP contribution in [0.4, 0.5) is 0 Å². The molecule has 0 unspecified atom stereocenters. The molecule has 0 saturated heterocycles. The molecule has 2 heteroatoms. The van der Waals surface area contributed by atoms with Crippen LogP contribution in [0.25, 0.3) is 27.9 Å². The summed E-state index contributed by atoms with van der Waals surface area (Å²) in [6.07, 6.45) is 3.36. The van der Waals surface area contributed by atoms with Gasteiger partial charge in [-0.15, -0.1) is 0 Å². The molecule has 0 fully saturated rings. The first-order valence-corrected chi connectivity index (χ1v) is 8.43. The van der Waals surface area contributed by atoms with E-state index in [1.807, 2.05) is 12.1 Å². The highest BCUT2D eigenvalue weighted by Gasteiger charge is 2.29. The molecule has 0 radical (unpaired) electrons. The first kappa shape index (κ1) is 14.9. The van der Waals surface area contributed by atoms with Crippen molar-refractivity contribution in [2.75, 3.05) is 0 Å². The van der Waals surface area contributed by atoms with Crippen molar-refractivity contribution in [3.63, 3.8) is 0 Å². The van der Waals surface area contributed by atoms with E-state index in [1.165, 1.54) is 10.9 Å². The first-order valence-electron chi connectivity index (χ1n) is 8.43. The van der Waals surface area contributed by atoms with Crippen molar-refractivity contribution >= 4 is 22.4 Å². The van der Waals surface area contributed by atoms with Crippen molar-refractivity contribution < 1.29 is 4.79 Å². The highest BCUT2D eigenvalue weighted by atomic mass is 16.1. The molecule has 0 atom stereocenters. The van der Waals surface area contributed by atoms with Gasteiger partial charge in [0.15, 0.2) is 5.78 Å². The number of para-hydroxylation sites is 1. The number of fused-ring (bicyclic) bond motifs is 1. The van der Waals surface area contributed by atoms with E-state index < -0.39 is 0 Å². The van der Waals surface area contributed by atoms with E-state index in [1.54, 1.807) is 0 Å². The minimum absolute atomic E-state index is 0.000494. The van der Waals surface area contributed by atoms with Crippen LogP contribution in [0, 0.1) is 5.41 Å². The summed E-state index contributed by atoms with van der Waals surface area (Å²) < 4.78 is 2.27. The lowest BCUT2D eigenvalue weighted by atomic mass is 9.78. The van der Waals surface area contributed by atoms with Gasteiger partial charge in [-0.2, -0.15) is 0 Å². The van der Waals surface area contributed by atoms with Gasteiger partial charge in [-0.05, 0) is 29.5 Å². The molecule has 2 nitrogen and oxygen atoms in total. The molecule has 24 heavy (non-hydrogen) atoms. The summed E-state index contributed by atoms with van der Waals surface area (Å²) in [4.78, 5) is 12.3. The Bertz CT molecular complexity index is 945. The number of allylic oxidation sites excluding steroid dienone is 2. The van der Waals surface area contributed by atoms with E-state index in [4.69, 9.17) is 0 Å². The topological polar surface area (TPSA) is 22.0 Å². The van der Waals surface area contributed by atoms with Crippen molar-refractivity contribution in [1.29, 1.82) is 0 Å². The lowest BCUT2D eigenvalue weighted by molar-refractivity contribution is -0.116. The number of nitrogens with zero attached hydrogens (tertiary/aromatic N) is 1. The summed E-state index contributed by atoms with van der Waals surface area (Å²) in [6.45, 7) is 4.34. The zero-order valence-electron chi connectivity index (χ0n) is 14.1. The van der Waals surface area contributed by atoms with Crippen molar-refractivity contribution in [2.45, 2.75) is 26.7 Å². The fourth-order valence-electron chi connectivity index (χ4n) is 3.74. The molecule has 1 aliphatic rings. The Morgan fingerprint density at radius 2 is 1.62 bits per heavy atom. The molecular formula is C22H21NO. The van der Waals surface area contributed by atoms with E-state index in [-0.39, 0.29) is 11.2 Å². The Hall–Kier alpha value is -2.61. The summed E-state index contributed by atoms with van der Waals surface area (Å²) in [5.74, 6) is 0.220. The minimum atomic E-state index is 0.000494. The Morgan fingerprint density at radius 1 is 0.917 bits per heavy atom. The van der Waals surface area contributed by atoms with E-state index in [0.29, 0.717) is 6.42 Å². The average Bonchev–Trinajstić information content (AvgIpc) is 2.93. The van der Waals surface area contributed by atoms with Crippen LogP contribution in [0.2, 0.25) is 0 Å². The van der Waals surface area contributed by atoms with Gasteiger partial charge in [0.2, 0.25) is 0 Å². The van der Waals surface area contributed by atoms with Crippen LogP contribution >= 0.6 is 0 Å². The summed E-state index contributed by atoms with van der Waals surface area (Å²) in [7, 11) is 0. The molecule has 0 amide bonds. The van der Waals surface area contributed by atoms with Gasteiger partial charge in [-0.25, -0.2) is 0 Å². The Balaban J connectivity index is 1.99. The largest absolute Gasteiger partial charge is 0.313 e. The monoisotopic (exact) mass is 315 g/mol. The second kappa shape index (κ2) is 5.48. The van der Waals surface area contributed by atoms with Gasteiger partial charge in [0.1, 0.15) is 0 Å². The molecule has 1 aliphatic carbocycles. The number of rotatable bonds is 2. The first-order chi connectivity index (χ1) is 11.5. The molecular weight excluding hydrogens is 294 g/mol. The number of carbonyl (C=O) groups excluding carboxylic acids is 1. The molecule has 3 aromatic rings. The quantitative estimate of drug-likeness (QED) is 0.608. The number of hydrogen-bond donors (Lipinski definition) is 0. The van der Waals surface area contributed by atoms with E-state index in [9.17, 15) is 4.79 Å². The van der Waals surface area contributed by atoms with Gasteiger partial charge in [-0.3, -0.25) is 4.79 Å². The molecule has 0 spiro atoms. The summed E-state index contributed by atoms with van der Waals surface area (Å²) >= 11 is 0. The summed E-state index contributed by atoms with van der Waals surface area (Å²) in [6, 6.07) is 21.0. The fourth-order valence-corrected chi connectivity index (χ4v) is 3.74. The van der Waals surface area contributed by atoms with Crippen LogP contribution in [0.1, 0.15) is 26.7 Å². The molecule has 0 N–H and O–H groups in total. The van der Waals surface area contributed by atoms with E-state index in [0.717, 1.165) is 23.3 Å². The Morgan fingerprint density at radius 3 is 2.38 bits per heavy atom. The maximum Gasteiger partial charge on any atom is 0.157 e. The van der Waals surface area contributed by atoms with Crippen LogP contribution in [-0.2, 0) is 4.79 Å². The number of carbonyl (C=O) groups is 1. The predicted molar refractivity (Wildman–Crippen MR) is 99.7 cm³/mol. The average molecular weight is 315 g/mol. The maximum atomic E-state index is 12.3. The zero-order valence-corrected chi connectivity index (χ0v) is 14.1. The smallest absolute Gasteiger partial charge is 0.157 e. The highest BCUT2D eigenvalue weighted by molar-refractivity contribution is 5.99. The molecule has 0 bridgehead atoms. The molecule has 0 aliphatic heterocycles. The predicted octanol–water partition coefficient (Wildman–Crippen LogP) is 5.54. The van der Waals surface area contributed by atoms with Gasteiger partial charge in [-0.1, -0.05) is 62.4 Å². The second-order valence-corrected chi connectivity index (χ2v) is 7.41. The zero-order chi connectivity index (χ0) is 16.7. The fraction of sp³-hybridized carbons (Fsp3) is 0.227. The lowest BCUT2D eigenvalue weighted by Gasteiger charge is -2.30. The molecule has 1 heterocycles. The van der Waals surface area contributed by atoms with Crippen LogP contribution in [0.5, 0.6) is 0 Å².